The van der Waals surface area contributed by atoms with Crippen molar-refractivity contribution in [3.05, 3.63) is 48.5 Å². The van der Waals surface area contributed by atoms with Gasteiger partial charge < -0.3 is 19.7 Å². The predicted molar refractivity (Wildman–Crippen MR) is 158 cm³/mol. The number of alkyl halides is 1. The number of benzene rings is 2. The second-order valence-electron chi connectivity index (χ2n) is 9.74. The Morgan fingerprint density at radius 3 is 2.64 bits per heavy atom. The van der Waals surface area contributed by atoms with Crippen LogP contribution in [0.1, 0.15) is 13.3 Å². The predicted octanol–water partition coefficient (Wildman–Crippen LogP) is 4.27. The third kappa shape index (κ3) is 6.04. The van der Waals surface area contributed by atoms with Gasteiger partial charge in [-0.05, 0) is 37.1 Å². The van der Waals surface area contributed by atoms with Crippen LogP contribution < -0.4 is 19.7 Å². The lowest BCUT2D eigenvalue weighted by atomic mass is 10.0. The van der Waals surface area contributed by atoms with Gasteiger partial charge >= 0.3 is 0 Å². The number of nitrogens with one attached hydrogen (secondary N) is 2. The lowest BCUT2D eigenvalue weighted by molar-refractivity contribution is 0.0987. The average Bonchev–Trinajstić information content (AvgIpc) is 3.00. The number of sulfonamides is 1. The number of methoxy groups -OCH3 is 1. The fourth-order valence-corrected chi connectivity index (χ4v) is 5.84. The van der Waals surface area contributed by atoms with Crippen LogP contribution in [-0.2, 0) is 14.8 Å². The van der Waals surface area contributed by atoms with Crippen molar-refractivity contribution < 1.29 is 26.7 Å². The van der Waals surface area contributed by atoms with Gasteiger partial charge in [0.05, 0.1) is 50.0 Å². The maximum atomic E-state index is 15.8. The summed E-state index contributed by atoms with van der Waals surface area (Å²) in [5.74, 6) is 0.587. The minimum Gasteiger partial charge on any atom is -0.494 e. The van der Waals surface area contributed by atoms with Gasteiger partial charge in [0.15, 0.2) is 11.6 Å². The van der Waals surface area contributed by atoms with E-state index in [1.54, 1.807) is 43.7 Å². The van der Waals surface area contributed by atoms with E-state index >= 15 is 4.39 Å². The molecule has 5 rings (SSSR count). The maximum absolute atomic E-state index is 15.8. The summed E-state index contributed by atoms with van der Waals surface area (Å²) >= 11 is 0. The molecule has 0 spiro atoms. The highest BCUT2D eigenvalue weighted by atomic mass is 32.2. The molecule has 222 valence electrons. The van der Waals surface area contributed by atoms with E-state index in [-0.39, 0.29) is 23.7 Å². The molecule has 1 fully saturated rings. The number of aromatic nitrogens is 4. The van der Waals surface area contributed by atoms with E-state index in [1.807, 2.05) is 6.92 Å². The molecule has 2 aromatic carbocycles. The summed E-state index contributed by atoms with van der Waals surface area (Å²) in [6.07, 6.45) is 3.07. The van der Waals surface area contributed by atoms with Crippen LogP contribution in [0.4, 0.5) is 26.2 Å². The van der Waals surface area contributed by atoms with Gasteiger partial charge in [0.1, 0.15) is 17.1 Å². The Morgan fingerprint density at radius 1 is 1.17 bits per heavy atom. The summed E-state index contributed by atoms with van der Waals surface area (Å²) in [4.78, 5) is 20.4. The first kappa shape index (κ1) is 29.3. The molecule has 1 saturated heterocycles. The molecule has 14 heteroatoms. The molecule has 0 aliphatic carbocycles. The molecule has 2 N–H and O–H groups in total. The van der Waals surface area contributed by atoms with Crippen LogP contribution >= 0.6 is 0 Å². The zero-order valence-electron chi connectivity index (χ0n) is 23.4. The standard InChI is InChI=1S/C28H31F2N7O4S/c1-17-16-41-10-9-37(17)27-21-12-18(20-6-4-7-22(24(20)30)36-42(38,39)11-5-8-29)13-23(40-3)25(21)34-26(35-27)19-14-32-28(31-2)33-15-19/h4,6-7,12-15,17,36H,5,8-11,16H2,1-3H3,(H,31,32,33)/t17-/m1/s1. The number of ether oxygens (including phenoxy) is 2. The Balaban J connectivity index is 1.68. The van der Waals surface area contributed by atoms with Crippen molar-refractivity contribution in [2.75, 3.05) is 61.3 Å². The smallest absolute Gasteiger partial charge is 0.232 e. The summed E-state index contributed by atoms with van der Waals surface area (Å²) in [6.45, 7) is 2.80. The van der Waals surface area contributed by atoms with Crippen molar-refractivity contribution in [3.8, 4) is 28.3 Å². The van der Waals surface area contributed by atoms with Crippen LogP contribution in [0.25, 0.3) is 33.4 Å². The topological polar surface area (TPSA) is 131 Å². The third-order valence-electron chi connectivity index (χ3n) is 6.86. The number of morpholine rings is 1. The highest BCUT2D eigenvalue weighted by molar-refractivity contribution is 7.92. The van der Waals surface area contributed by atoms with Crippen LogP contribution in [0.3, 0.4) is 0 Å². The molecule has 0 saturated carbocycles. The number of halogens is 2. The molecule has 0 unspecified atom stereocenters. The Bertz CT molecular complexity index is 1690. The molecule has 42 heavy (non-hydrogen) atoms. The minimum absolute atomic E-state index is 0.0129. The largest absolute Gasteiger partial charge is 0.494 e. The molecule has 3 heterocycles. The molecule has 4 aromatic rings. The zero-order valence-corrected chi connectivity index (χ0v) is 24.2. The van der Waals surface area contributed by atoms with Crippen LogP contribution in [0.5, 0.6) is 5.75 Å². The second-order valence-corrected chi connectivity index (χ2v) is 11.6. The Morgan fingerprint density at radius 2 is 1.95 bits per heavy atom. The molecule has 2 aromatic heterocycles. The Labute approximate surface area is 242 Å². The van der Waals surface area contributed by atoms with Gasteiger partial charge in [0.25, 0.3) is 0 Å². The average molecular weight is 600 g/mol. The van der Waals surface area contributed by atoms with E-state index in [1.165, 1.54) is 13.2 Å². The second kappa shape index (κ2) is 12.4. The van der Waals surface area contributed by atoms with Gasteiger partial charge in [-0.25, -0.2) is 32.7 Å². The summed E-state index contributed by atoms with van der Waals surface area (Å²) in [5.41, 5.74) is 1.44. The van der Waals surface area contributed by atoms with Gasteiger partial charge in [0.2, 0.25) is 16.0 Å². The first-order valence-corrected chi connectivity index (χ1v) is 15.0. The molecule has 11 nitrogen and oxygen atoms in total. The lowest BCUT2D eigenvalue weighted by Gasteiger charge is -2.35. The van der Waals surface area contributed by atoms with E-state index < -0.39 is 28.3 Å². The maximum Gasteiger partial charge on any atom is 0.232 e. The number of nitrogens with zero attached hydrogens (tertiary/aromatic N) is 5. The molecule has 0 bridgehead atoms. The van der Waals surface area contributed by atoms with E-state index in [0.717, 1.165) is 0 Å². The number of anilines is 3. The molecule has 1 aliphatic heterocycles. The van der Waals surface area contributed by atoms with E-state index in [4.69, 9.17) is 19.4 Å². The molecule has 0 radical (unpaired) electrons. The number of hydrogen-bond donors (Lipinski definition) is 2. The zero-order chi connectivity index (χ0) is 29.9. The number of hydrogen-bond acceptors (Lipinski definition) is 10. The molecular formula is C28H31F2N7O4S. The van der Waals surface area contributed by atoms with Crippen molar-refractivity contribution in [1.29, 1.82) is 0 Å². The molecule has 1 aliphatic rings. The number of fused-ring (bicyclic) bond motifs is 1. The Hall–Kier alpha value is -4.17. The first-order chi connectivity index (χ1) is 20.2. The number of rotatable bonds is 10. The molecule has 1 atom stereocenters. The third-order valence-corrected chi connectivity index (χ3v) is 8.22. The monoisotopic (exact) mass is 599 g/mol. The fraction of sp³-hybridized carbons (Fsp3) is 0.357. The van der Waals surface area contributed by atoms with E-state index in [9.17, 15) is 12.8 Å². The van der Waals surface area contributed by atoms with Gasteiger partial charge in [-0.15, -0.1) is 0 Å². The summed E-state index contributed by atoms with van der Waals surface area (Å²) in [7, 11) is -0.718. The van der Waals surface area contributed by atoms with E-state index in [2.05, 4.69) is 24.9 Å². The van der Waals surface area contributed by atoms with Crippen molar-refractivity contribution in [3.63, 3.8) is 0 Å². The summed E-state index contributed by atoms with van der Waals surface area (Å²) in [6, 6.07) is 7.80. The van der Waals surface area contributed by atoms with Gasteiger partial charge in [0, 0.05) is 36.9 Å². The summed E-state index contributed by atoms with van der Waals surface area (Å²) < 4.78 is 66.7. The van der Waals surface area contributed by atoms with Crippen LogP contribution in [0, 0.1) is 5.82 Å². The Kier molecular flexibility index (Phi) is 8.64. The normalized spacial score (nSPS) is 15.5. The van der Waals surface area contributed by atoms with Gasteiger partial charge in [-0.1, -0.05) is 12.1 Å². The van der Waals surface area contributed by atoms with E-state index in [0.29, 0.717) is 65.1 Å². The molecule has 0 amide bonds. The SMILES string of the molecule is CNc1ncc(-c2nc(N3CCOC[C@H]3C)c3cc(-c4cccc(NS(=O)(=O)CCCF)c4F)cc(OC)c3n2)cn1. The molecular weight excluding hydrogens is 568 g/mol. The summed E-state index contributed by atoms with van der Waals surface area (Å²) in [5, 5.41) is 3.50. The van der Waals surface area contributed by atoms with Crippen molar-refractivity contribution in [2.24, 2.45) is 0 Å². The quantitative estimate of drug-likeness (QED) is 0.272. The van der Waals surface area contributed by atoms with Crippen LogP contribution in [-0.4, -0.2) is 80.7 Å². The fourth-order valence-electron chi connectivity index (χ4n) is 4.76. The van der Waals surface area contributed by atoms with Gasteiger partial charge in [-0.2, -0.15) is 0 Å². The van der Waals surface area contributed by atoms with Crippen molar-refractivity contribution in [1.82, 2.24) is 19.9 Å². The highest BCUT2D eigenvalue weighted by Gasteiger charge is 2.26. The van der Waals surface area contributed by atoms with Crippen molar-refractivity contribution >= 4 is 38.4 Å². The first-order valence-electron chi connectivity index (χ1n) is 13.3. The van der Waals surface area contributed by atoms with Gasteiger partial charge in [-0.3, -0.25) is 9.11 Å². The van der Waals surface area contributed by atoms with Crippen LogP contribution in [0.2, 0.25) is 0 Å². The van der Waals surface area contributed by atoms with Crippen LogP contribution in [0.15, 0.2) is 42.7 Å². The highest BCUT2D eigenvalue weighted by Crippen LogP contribution is 2.39. The van der Waals surface area contributed by atoms with Crippen molar-refractivity contribution in [2.45, 2.75) is 19.4 Å². The minimum atomic E-state index is -3.94. The lowest BCUT2D eigenvalue weighted by Crippen LogP contribution is -2.44.